The van der Waals surface area contributed by atoms with Gasteiger partial charge in [0.25, 0.3) is 5.91 Å². The maximum Gasteiger partial charge on any atom is 0.324 e. The first-order valence-electron chi connectivity index (χ1n) is 11.7. The summed E-state index contributed by atoms with van der Waals surface area (Å²) in [6.07, 6.45) is 1.41. The quantitative estimate of drug-likeness (QED) is 0.236. The SMILES string of the molecule is CNC(=O)c1cc(Oc2ccc(NC(=O)Nc3cc(C(C)(C)C)nn3-c3cc(Cl)cc(Cl)c3)c(F)c2)ccn1. The monoisotopic (exact) mass is 570 g/mol. The third-order valence-corrected chi connectivity index (χ3v) is 5.86. The lowest BCUT2D eigenvalue weighted by Crippen LogP contribution is -2.22. The van der Waals surface area contributed by atoms with Crippen molar-refractivity contribution in [1.82, 2.24) is 20.1 Å². The molecule has 39 heavy (non-hydrogen) atoms. The average Bonchev–Trinajstić information content (AvgIpc) is 3.29. The molecule has 0 radical (unpaired) electrons. The summed E-state index contributed by atoms with van der Waals surface area (Å²) in [5.74, 6) is -0.315. The molecule has 0 aliphatic carbocycles. The van der Waals surface area contributed by atoms with Crippen molar-refractivity contribution < 1.29 is 18.7 Å². The first-order chi connectivity index (χ1) is 18.4. The fraction of sp³-hybridized carbons (Fsp3) is 0.185. The Hall–Kier alpha value is -4.15. The van der Waals surface area contributed by atoms with E-state index < -0.39 is 11.8 Å². The predicted molar refractivity (Wildman–Crippen MR) is 149 cm³/mol. The largest absolute Gasteiger partial charge is 0.457 e. The number of carbonyl (C=O) groups is 2. The van der Waals surface area contributed by atoms with E-state index in [-0.39, 0.29) is 28.5 Å². The van der Waals surface area contributed by atoms with Gasteiger partial charge in [0.15, 0.2) is 0 Å². The van der Waals surface area contributed by atoms with Crippen molar-refractivity contribution in [3.8, 4) is 17.2 Å². The number of aromatic nitrogens is 3. The number of urea groups is 1. The van der Waals surface area contributed by atoms with Crippen molar-refractivity contribution in [3.63, 3.8) is 0 Å². The third kappa shape index (κ3) is 6.84. The highest BCUT2D eigenvalue weighted by molar-refractivity contribution is 6.34. The Labute approximate surface area is 234 Å². The molecule has 0 saturated carbocycles. The molecule has 0 bridgehead atoms. The van der Waals surface area contributed by atoms with Crippen molar-refractivity contribution in [3.05, 3.63) is 88.0 Å². The summed E-state index contributed by atoms with van der Waals surface area (Å²) >= 11 is 12.3. The molecule has 0 saturated heterocycles. The predicted octanol–water partition coefficient (Wildman–Crippen LogP) is 6.81. The van der Waals surface area contributed by atoms with Crippen LogP contribution in [0.5, 0.6) is 11.5 Å². The van der Waals surface area contributed by atoms with Gasteiger partial charge in [-0.25, -0.2) is 13.9 Å². The topological polar surface area (TPSA) is 110 Å². The van der Waals surface area contributed by atoms with Crippen molar-refractivity contribution in [1.29, 1.82) is 0 Å². The van der Waals surface area contributed by atoms with E-state index in [9.17, 15) is 14.0 Å². The minimum absolute atomic E-state index is 0.0754. The third-order valence-electron chi connectivity index (χ3n) is 5.43. The summed E-state index contributed by atoms with van der Waals surface area (Å²) in [6.45, 7) is 5.95. The number of ether oxygens (including phenoxy) is 1. The number of halogens is 3. The molecule has 0 aliphatic heterocycles. The molecule has 202 valence electrons. The summed E-state index contributed by atoms with van der Waals surface area (Å²) in [6, 6.07) is 12.9. The van der Waals surface area contributed by atoms with Gasteiger partial charge in [-0.2, -0.15) is 5.10 Å². The van der Waals surface area contributed by atoms with E-state index in [0.29, 0.717) is 33.0 Å². The number of carbonyl (C=O) groups excluding carboxylic acids is 2. The van der Waals surface area contributed by atoms with E-state index in [0.717, 1.165) is 6.07 Å². The Morgan fingerprint density at radius 3 is 2.28 bits per heavy atom. The van der Waals surface area contributed by atoms with Crippen molar-refractivity contribution >= 4 is 46.6 Å². The Bertz CT molecular complexity index is 1530. The number of anilines is 2. The van der Waals surface area contributed by atoms with Gasteiger partial charge in [0.2, 0.25) is 0 Å². The molecule has 0 fully saturated rings. The summed E-state index contributed by atoms with van der Waals surface area (Å²) in [5.41, 5.74) is 1.00. The van der Waals surface area contributed by atoms with Crippen molar-refractivity contribution in [2.24, 2.45) is 0 Å². The molecule has 2 heterocycles. The minimum Gasteiger partial charge on any atom is -0.457 e. The van der Waals surface area contributed by atoms with Crippen molar-refractivity contribution in [2.75, 3.05) is 17.7 Å². The van der Waals surface area contributed by atoms with Crippen LogP contribution >= 0.6 is 23.2 Å². The molecule has 4 aromatic rings. The molecule has 2 aromatic carbocycles. The zero-order valence-corrected chi connectivity index (χ0v) is 23.0. The first-order valence-corrected chi connectivity index (χ1v) is 12.5. The molecule has 3 N–H and O–H groups in total. The number of hydrogen-bond acceptors (Lipinski definition) is 5. The lowest BCUT2D eigenvalue weighted by atomic mass is 9.92. The summed E-state index contributed by atoms with van der Waals surface area (Å²) in [5, 5.41) is 13.1. The van der Waals surface area contributed by atoms with Crippen LogP contribution in [0.4, 0.5) is 20.7 Å². The van der Waals surface area contributed by atoms with Gasteiger partial charge in [0, 0.05) is 46.9 Å². The molecular formula is C27H25Cl2FN6O3. The van der Waals surface area contributed by atoms with E-state index in [1.807, 2.05) is 20.8 Å². The van der Waals surface area contributed by atoms with Crippen LogP contribution in [-0.2, 0) is 5.41 Å². The second-order valence-corrected chi connectivity index (χ2v) is 10.4. The highest BCUT2D eigenvalue weighted by Crippen LogP contribution is 2.30. The zero-order chi connectivity index (χ0) is 28.3. The lowest BCUT2D eigenvalue weighted by molar-refractivity contribution is 0.0957. The highest BCUT2D eigenvalue weighted by Gasteiger charge is 2.22. The number of rotatable bonds is 6. The lowest BCUT2D eigenvalue weighted by Gasteiger charge is -2.14. The van der Waals surface area contributed by atoms with Gasteiger partial charge in [-0.1, -0.05) is 44.0 Å². The van der Waals surface area contributed by atoms with Crippen LogP contribution in [-0.4, -0.2) is 33.8 Å². The van der Waals surface area contributed by atoms with E-state index in [4.69, 9.17) is 27.9 Å². The van der Waals surface area contributed by atoms with Gasteiger partial charge in [0.1, 0.15) is 28.8 Å². The molecule has 0 spiro atoms. The van der Waals surface area contributed by atoms with Crippen LogP contribution < -0.4 is 20.7 Å². The fourth-order valence-corrected chi connectivity index (χ4v) is 4.00. The zero-order valence-electron chi connectivity index (χ0n) is 21.5. The first kappa shape index (κ1) is 27.9. The molecule has 0 aliphatic rings. The van der Waals surface area contributed by atoms with Gasteiger partial charge in [-0.05, 0) is 36.4 Å². The van der Waals surface area contributed by atoms with Crippen LogP contribution in [0.1, 0.15) is 37.0 Å². The minimum atomic E-state index is -0.728. The van der Waals surface area contributed by atoms with E-state index in [1.54, 1.807) is 24.3 Å². The van der Waals surface area contributed by atoms with Crippen molar-refractivity contribution in [2.45, 2.75) is 26.2 Å². The molecule has 2 aromatic heterocycles. The van der Waals surface area contributed by atoms with Crippen LogP contribution in [0.3, 0.4) is 0 Å². The number of hydrogen-bond donors (Lipinski definition) is 3. The smallest absolute Gasteiger partial charge is 0.324 e. The molecule has 3 amide bonds. The number of pyridine rings is 1. The normalized spacial score (nSPS) is 11.2. The van der Waals surface area contributed by atoms with Crippen LogP contribution in [0.15, 0.2) is 60.8 Å². The van der Waals surface area contributed by atoms with Gasteiger partial charge in [-0.3, -0.25) is 15.1 Å². The van der Waals surface area contributed by atoms with Crippen LogP contribution in [0.25, 0.3) is 5.69 Å². The maximum atomic E-state index is 14.9. The molecule has 9 nitrogen and oxygen atoms in total. The number of benzene rings is 2. The van der Waals surface area contributed by atoms with E-state index >= 15 is 0 Å². The maximum absolute atomic E-state index is 14.9. The molecule has 0 unspecified atom stereocenters. The van der Waals surface area contributed by atoms with Crippen LogP contribution in [0, 0.1) is 5.82 Å². The average molecular weight is 571 g/mol. The van der Waals surface area contributed by atoms with Crippen LogP contribution in [0.2, 0.25) is 10.0 Å². The summed E-state index contributed by atoms with van der Waals surface area (Å²) in [4.78, 5) is 28.6. The van der Waals surface area contributed by atoms with E-state index in [2.05, 4.69) is 26.0 Å². The highest BCUT2D eigenvalue weighted by atomic mass is 35.5. The fourth-order valence-electron chi connectivity index (χ4n) is 3.49. The Morgan fingerprint density at radius 2 is 1.64 bits per heavy atom. The Balaban J connectivity index is 1.52. The number of nitrogens with zero attached hydrogens (tertiary/aromatic N) is 3. The Morgan fingerprint density at radius 1 is 0.949 bits per heavy atom. The van der Waals surface area contributed by atoms with E-state index in [1.165, 1.54) is 42.2 Å². The van der Waals surface area contributed by atoms with Gasteiger partial charge < -0.3 is 15.4 Å². The van der Waals surface area contributed by atoms with Gasteiger partial charge in [0.05, 0.1) is 17.1 Å². The summed E-state index contributed by atoms with van der Waals surface area (Å²) in [7, 11) is 1.49. The summed E-state index contributed by atoms with van der Waals surface area (Å²) < 4.78 is 22.0. The van der Waals surface area contributed by atoms with Gasteiger partial charge in [-0.15, -0.1) is 0 Å². The second-order valence-electron chi connectivity index (χ2n) is 9.48. The number of amides is 3. The standard InChI is InChI=1S/C27H25Cl2FN6O3/c1-27(2,3)23-14-24(36(35-23)17-10-15(28)9-16(29)11-17)34-26(38)33-21-6-5-18(12-20(21)30)39-19-7-8-32-22(13-19)25(37)31-4/h5-14H,1-4H3,(H,31,37)(H2,33,34,38). The Kier molecular flexibility index (Phi) is 8.08. The van der Waals surface area contributed by atoms with Gasteiger partial charge >= 0.3 is 6.03 Å². The molecule has 0 atom stereocenters. The second kappa shape index (κ2) is 11.3. The molecular weight excluding hydrogens is 546 g/mol. The number of nitrogens with one attached hydrogen (secondary N) is 3. The molecule has 4 rings (SSSR count). The molecule has 12 heteroatoms.